The van der Waals surface area contributed by atoms with Crippen LogP contribution >= 0.6 is 0 Å². The van der Waals surface area contributed by atoms with Crippen LogP contribution in [-0.4, -0.2) is 45.3 Å². The van der Waals surface area contributed by atoms with E-state index in [0.717, 1.165) is 51.5 Å². The molecule has 4 N–H and O–H groups in total. The number of hydrazine groups is 1. The fourth-order valence-corrected chi connectivity index (χ4v) is 6.24. The molecule has 26 heavy (non-hydrogen) atoms. The Balaban J connectivity index is 1.37. The van der Waals surface area contributed by atoms with Gasteiger partial charge in [-0.15, -0.1) is 0 Å². The third kappa shape index (κ3) is 4.97. The van der Waals surface area contributed by atoms with Gasteiger partial charge in [-0.2, -0.15) is 0 Å². The first-order chi connectivity index (χ1) is 12.5. The zero-order valence-corrected chi connectivity index (χ0v) is 16.6. The van der Waals surface area contributed by atoms with E-state index in [1.165, 1.54) is 6.42 Å². The summed E-state index contributed by atoms with van der Waals surface area (Å²) in [6, 6.07) is 0.217. The largest absolute Gasteiger partial charge is 0.314 e. The molecule has 150 valence electrons. The van der Waals surface area contributed by atoms with Crippen LogP contribution in [0.4, 0.5) is 0 Å². The zero-order chi connectivity index (χ0) is 18.6. The van der Waals surface area contributed by atoms with Crippen LogP contribution in [0.15, 0.2) is 0 Å². The summed E-state index contributed by atoms with van der Waals surface area (Å²) >= 11 is 0. The van der Waals surface area contributed by atoms with E-state index in [2.05, 4.69) is 27.8 Å². The Hall–Kier alpha value is -0.700. The standard InChI is InChI=1S/C18H34N4O3S/c1-13-6-8-14(9-7-13)26(24,25)20-11-10-19-12-17-15-4-2-3-5-16(15)18(23)22-21-17/h13-17,19-21H,2-12H2,1H3,(H,22,23). The van der Waals surface area contributed by atoms with E-state index in [4.69, 9.17) is 0 Å². The lowest BCUT2D eigenvalue weighted by Gasteiger charge is -2.41. The van der Waals surface area contributed by atoms with E-state index in [1.54, 1.807) is 0 Å². The van der Waals surface area contributed by atoms with Gasteiger partial charge in [-0.25, -0.2) is 18.6 Å². The first-order valence-corrected chi connectivity index (χ1v) is 11.8. The highest BCUT2D eigenvalue weighted by Gasteiger charge is 2.39. The van der Waals surface area contributed by atoms with Gasteiger partial charge >= 0.3 is 0 Å². The topological polar surface area (TPSA) is 99.3 Å². The smallest absolute Gasteiger partial charge is 0.237 e. The van der Waals surface area contributed by atoms with Crippen LogP contribution in [0.3, 0.4) is 0 Å². The normalized spacial score (nSPS) is 35.6. The van der Waals surface area contributed by atoms with Crippen molar-refractivity contribution >= 4 is 15.9 Å². The van der Waals surface area contributed by atoms with E-state index >= 15 is 0 Å². The summed E-state index contributed by atoms with van der Waals surface area (Å²) in [4.78, 5) is 12.0. The molecule has 3 rings (SSSR count). The molecule has 1 saturated heterocycles. The number of amides is 1. The fourth-order valence-electron chi connectivity index (χ4n) is 4.73. The number of carbonyl (C=O) groups is 1. The zero-order valence-electron chi connectivity index (χ0n) is 15.8. The molecule has 0 radical (unpaired) electrons. The van der Waals surface area contributed by atoms with Crippen molar-refractivity contribution in [2.24, 2.45) is 17.8 Å². The van der Waals surface area contributed by atoms with Crippen LogP contribution < -0.4 is 20.9 Å². The van der Waals surface area contributed by atoms with Crippen LogP contribution in [0.5, 0.6) is 0 Å². The Bertz CT molecular complexity index is 575. The first-order valence-electron chi connectivity index (χ1n) is 10.2. The molecule has 0 aromatic heterocycles. The maximum absolute atomic E-state index is 12.4. The van der Waals surface area contributed by atoms with E-state index in [9.17, 15) is 13.2 Å². The molecule has 8 heteroatoms. The lowest BCUT2D eigenvalue weighted by Crippen LogP contribution is -2.62. The van der Waals surface area contributed by atoms with Gasteiger partial charge in [0.25, 0.3) is 0 Å². The molecule has 3 fully saturated rings. The second-order valence-corrected chi connectivity index (χ2v) is 10.4. The average molecular weight is 387 g/mol. The molecular weight excluding hydrogens is 352 g/mol. The van der Waals surface area contributed by atoms with Crippen molar-refractivity contribution in [2.75, 3.05) is 19.6 Å². The summed E-state index contributed by atoms with van der Waals surface area (Å²) in [5, 5.41) is 3.12. The SMILES string of the molecule is CC1CCC(S(=O)(=O)NCCNCC2NNC(=O)C3CCCCC23)CC1. The third-order valence-electron chi connectivity index (χ3n) is 6.42. The van der Waals surface area contributed by atoms with Gasteiger partial charge in [-0.05, 0) is 50.4 Å². The van der Waals surface area contributed by atoms with Gasteiger partial charge in [0.15, 0.2) is 0 Å². The minimum Gasteiger partial charge on any atom is -0.314 e. The second kappa shape index (κ2) is 8.99. The maximum atomic E-state index is 12.4. The molecule has 1 heterocycles. The minimum atomic E-state index is -3.20. The molecule has 3 unspecified atom stereocenters. The highest BCUT2D eigenvalue weighted by atomic mass is 32.2. The molecule has 0 aromatic carbocycles. The van der Waals surface area contributed by atoms with E-state index in [1.807, 2.05) is 0 Å². The Morgan fingerprint density at radius 1 is 1.04 bits per heavy atom. The van der Waals surface area contributed by atoms with E-state index < -0.39 is 10.0 Å². The van der Waals surface area contributed by atoms with Crippen molar-refractivity contribution in [3.05, 3.63) is 0 Å². The fraction of sp³-hybridized carbons (Fsp3) is 0.944. The Morgan fingerprint density at radius 2 is 1.77 bits per heavy atom. The maximum Gasteiger partial charge on any atom is 0.237 e. The Labute approximate surface area is 157 Å². The van der Waals surface area contributed by atoms with Crippen molar-refractivity contribution in [1.82, 2.24) is 20.9 Å². The van der Waals surface area contributed by atoms with Gasteiger partial charge in [0.05, 0.1) is 5.25 Å². The predicted molar refractivity (Wildman–Crippen MR) is 102 cm³/mol. The molecule has 0 spiro atoms. The van der Waals surface area contributed by atoms with Gasteiger partial charge in [-0.1, -0.05) is 19.8 Å². The number of fused-ring (bicyclic) bond motifs is 1. The number of hydrogen-bond donors (Lipinski definition) is 4. The highest BCUT2D eigenvalue weighted by molar-refractivity contribution is 7.90. The summed E-state index contributed by atoms with van der Waals surface area (Å²) < 4.78 is 27.5. The lowest BCUT2D eigenvalue weighted by molar-refractivity contribution is -0.133. The van der Waals surface area contributed by atoms with Crippen molar-refractivity contribution in [3.8, 4) is 0 Å². The summed E-state index contributed by atoms with van der Waals surface area (Å²) in [6.45, 7) is 3.95. The van der Waals surface area contributed by atoms with Gasteiger partial charge in [-0.3, -0.25) is 10.2 Å². The molecule has 0 bridgehead atoms. The van der Waals surface area contributed by atoms with Crippen molar-refractivity contribution in [1.29, 1.82) is 0 Å². The molecule has 1 amide bonds. The summed E-state index contributed by atoms with van der Waals surface area (Å²) in [7, 11) is -3.20. The summed E-state index contributed by atoms with van der Waals surface area (Å²) in [6.07, 6.45) is 7.95. The number of nitrogens with one attached hydrogen (secondary N) is 4. The van der Waals surface area contributed by atoms with Gasteiger partial charge < -0.3 is 5.32 Å². The third-order valence-corrected chi connectivity index (χ3v) is 8.38. The summed E-state index contributed by atoms with van der Waals surface area (Å²) in [5.41, 5.74) is 5.93. The molecule has 2 aliphatic carbocycles. The van der Waals surface area contributed by atoms with Crippen LogP contribution in [0.1, 0.15) is 58.3 Å². The van der Waals surface area contributed by atoms with Gasteiger partial charge in [0, 0.05) is 31.6 Å². The molecule has 2 saturated carbocycles. The van der Waals surface area contributed by atoms with E-state index in [-0.39, 0.29) is 23.1 Å². The van der Waals surface area contributed by atoms with Crippen molar-refractivity contribution in [3.63, 3.8) is 0 Å². The molecule has 1 aliphatic heterocycles. The average Bonchev–Trinajstić information content (AvgIpc) is 2.64. The first kappa shape index (κ1) is 20.0. The Kier molecular flexibility index (Phi) is 6.93. The second-order valence-electron chi connectivity index (χ2n) is 8.32. The lowest BCUT2D eigenvalue weighted by atomic mass is 9.74. The molecule has 0 aromatic rings. The number of carbonyl (C=O) groups excluding carboxylic acids is 1. The monoisotopic (exact) mass is 386 g/mol. The van der Waals surface area contributed by atoms with Gasteiger partial charge in [0.2, 0.25) is 15.9 Å². The van der Waals surface area contributed by atoms with Crippen LogP contribution in [0.25, 0.3) is 0 Å². The van der Waals surface area contributed by atoms with Crippen molar-refractivity contribution in [2.45, 2.75) is 69.6 Å². The number of rotatable bonds is 7. The minimum absolute atomic E-state index is 0.125. The Morgan fingerprint density at radius 3 is 2.54 bits per heavy atom. The van der Waals surface area contributed by atoms with Crippen LogP contribution in [0.2, 0.25) is 0 Å². The predicted octanol–water partition coefficient (Wildman–Crippen LogP) is 0.884. The number of sulfonamides is 1. The quantitative estimate of drug-likeness (QED) is 0.487. The summed E-state index contributed by atoms with van der Waals surface area (Å²) in [5.74, 6) is 1.28. The molecule has 3 aliphatic rings. The molecule has 3 atom stereocenters. The molecule has 7 nitrogen and oxygen atoms in total. The van der Waals surface area contributed by atoms with Crippen LogP contribution in [0, 0.1) is 17.8 Å². The van der Waals surface area contributed by atoms with E-state index in [0.29, 0.717) is 24.9 Å². The van der Waals surface area contributed by atoms with Crippen LogP contribution in [-0.2, 0) is 14.8 Å². The van der Waals surface area contributed by atoms with Gasteiger partial charge in [0.1, 0.15) is 0 Å². The van der Waals surface area contributed by atoms with Crippen molar-refractivity contribution < 1.29 is 13.2 Å². The number of hydrogen-bond acceptors (Lipinski definition) is 5. The highest BCUT2D eigenvalue weighted by Crippen LogP contribution is 2.34. The molecular formula is C18H34N4O3S.